The van der Waals surface area contributed by atoms with E-state index in [1.165, 1.54) is 0 Å². The molecule has 0 unspecified atom stereocenters. The highest BCUT2D eigenvalue weighted by molar-refractivity contribution is 5.72. The second-order valence-electron chi connectivity index (χ2n) is 4.47. The van der Waals surface area contributed by atoms with Crippen molar-refractivity contribution in [3.05, 3.63) is 11.7 Å². The molecule has 0 aliphatic heterocycles. The first-order valence-corrected chi connectivity index (χ1v) is 6.17. The van der Waals surface area contributed by atoms with E-state index in [0.29, 0.717) is 18.4 Å². The van der Waals surface area contributed by atoms with E-state index in [1.807, 2.05) is 6.92 Å². The van der Waals surface area contributed by atoms with E-state index >= 15 is 0 Å². The highest BCUT2D eigenvalue weighted by atomic mass is 16.5. The van der Waals surface area contributed by atoms with Crippen molar-refractivity contribution in [2.75, 3.05) is 6.61 Å². The number of aromatic nitrogens is 2. The number of carbonyl (C=O) groups is 1. The summed E-state index contributed by atoms with van der Waals surface area (Å²) >= 11 is 0. The Balaban J connectivity index is 1.88. The van der Waals surface area contributed by atoms with Gasteiger partial charge in [0.25, 0.3) is 0 Å². The first kappa shape index (κ1) is 12.1. The van der Waals surface area contributed by atoms with Crippen LogP contribution >= 0.6 is 0 Å². The average molecular weight is 238 g/mol. The van der Waals surface area contributed by atoms with Crippen molar-refractivity contribution in [2.24, 2.45) is 5.92 Å². The Bertz CT molecular complexity index is 381. The predicted octanol–water partition coefficient (Wildman–Crippen LogP) is 2.21. The zero-order valence-corrected chi connectivity index (χ0v) is 10.3. The molecule has 1 fully saturated rings. The molecule has 1 aliphatic rings. The molecule has 0 saturated heterocycles. The maximum absolute atomic E-state index is 11.6. The highest BCUT2D eigenvalue weighted by Gasteiger charge is 2.29. The number of esters is 1. The summed E-state index contributed by atoms with van der Waals surface area (Å²) in [6.45, 7) is 4.09. The molecule has 1 saturated carbocycles. The Hall–Kier alpha value is -1.39. The second-order valence-corrected chi connectivity index (χ2v) is 4.47. The van der Waals surface area contributed by atoms with Crippen LogP contribution in [0.4, 0.5) is 0 Å². The third-order valence-corrected chi connectivity index (χ3v) is 3.26. The first-order valence-electron chi connectivity index (χ1n) is 6.17. The van der Waals surface area contributed by atoms with Gasteiger partial charge in [-0.25, -0.2) is 0 Å². The van der Waals surface area contributed by atoms with Crippen molar-refractivity contribution in [2.45, 2.75) is 45.4 Å². The Kier molecular flexibility index (Phi) is 3.76. The van der Waals surface area contributed by atoms with Gasteiger partial charge in [0.05, 0.1) is 12.5 Å². The van der Waals surface area contributed by atoms with Crippen LogP contribution < -0.4 is 0 Å². The van der Waals surface area contributed by atoms with Crippen molar-refractivity contribution < 1.29 is 14.1 Å². The molecule has 1 aromatic rings. The SMILES string of the molecule is CCOC(=O)[C@H]1CC[C@@H](c2noc(C)n2)CC1. The van der Waals surface area contributed by atoms with Crippen LogP contribution in [0.5, 0.6) is 0 Å². The summed E-state index contributed by atoms with van der Waals surface area (Å²) in [5.41, 5.74) is 0. The molecule has 1 aromatic heterocycles. The largest absolute Gasteiger partial charge is 0.466 e. The van der Waals surface area contributed by atoms with Crippen molar-refractivity contribution >= 4 is 5.97 Å². The molecule has 0 atom stereocenters. The van der Waals surface area contributed by atoms with Gasteiger partial charge < -0.3 is 9.26 Å². The van der Waals surface area contributed by atoms with E-state index in [-0.39, 0.29) is 11.9 Å². The lowest BCUT2D eigenvalue weighted by Crippen LogP contribution is -2.23. The lowest BCUT2D eigenvalue weighted by atomic mass is 9.82. The molecule has 5 heteroatoms. The fourth-order valence-corrected chi connectivity index (χ4v) is 2.33. The quantitative estimate of drug-likeness (QED) is 0.755. The fourth-order valence-electron chi connectivity index (χ4n) is 2.33. The number of hydrogen-bond acceptors (Lipinski definition) is 5. The number of nitrogens with zero attached hydrogens (tertiary/aromatic N) is 2. The molecular formula is C12H18N2O3. The maximum atomic E-state index is 11.6. The minimum atomic E-state index is -0.0600. The van der Waals surface area contributed by atoms with Crippen LogP contribution in [0.25, 0.3) is 0 Å². The molecule has 1 heterocycles. The summed E-state index contributed by atoms with van der Waals surface area (Å²) in [5, 5.41) is 3.94. The molecule has 2 rings (SSSR count). The smallest absolute Gasteiger partial charge is 0.308 e. The van der Waals surface area contributed by atoms with Crippen LogP contribution in [-0.4, -0.2) is 22.7 Å². The lowest BCUT2D eigenvalue weighted by molar-refractivity contribution is -0.149. The standard InChI is InChI=1S/C12H18N2O3/c1-3-16-12(15)10-6-4-9(5-7-10)11-13-8(2)17-14-11/h9-10H,3-7H2,1-2H3/t9-,10+. The Labute approximate surface area is 101 Å². The van der Waals surface area contributed by atoms with Crippen molar-refractivity contribution in [3.8, 4) is 0 Å². The second kappa shape index (κ2) is 5.29. The minimum Gasteiger partial charge on any atom is -0.466 e. The molecule has 17 heavy (non-hydrogen) atoms. The van der Waals surface area contributed by atoms with Crippen LogP contribution in [0.15, 0.2) is 4.52 Å². The van der Waals surface area contributed by atoms with Crippen LogP contribution in [0.1, 0.15) is 50.2 Å². The number of hydrogen-bond donors (Lipinski definition) is 0. The van der Waals surface area contributed by atoms with E-state index in [2.05, 4.69) is 10.1 Å². The molecule has 0 radical (unpaired) electrons. The number of rotatable bonds is 3. The van der Waals surface area contributed by atoms with Crippen molar-refractivity contribution in [1.29, 1.82) is 0 Å². The van der Waals surface area contributed by atoms with Gasteiger partial charge in [-0.15, -0.1) is 0 Å². The summed E-state index contributed by atoms with van der Waals surface area (Å²) in [7, 11) is 0. The topological polar surface area (TPSA) is 65.2 Å². The van der Waals surface area contributed by atoms with Gasteiger partial charge in [0, 0.05) is 12.8 Å². The number of aryl methyl sites for hydroxylation is 1. The summed E-state index contributed by atoms with van der Waals surface area (Å²) in [5.74, 6) is 1.71. The van der Waals surface area contributed by atoms with E-state index in [4.69, 9.17) is 9.26 Å². The lowest BCUT2D eigenvalue weighted by Gasteiger charge is -2.24. The third kappa shape index (κ3) is 2.84. The maximum Gasteiger partial charge on any atom is 0.308 e. The van der Waals surface area contributed by atoms with Crippen LogP contribution in [0, 0.1) is 12.8 Å². The molecule has 0 N–H and O–H groups in total. The fraction of sp³-hybridized carbons (Fsp3) is 0.750. The predicted molar refractivity (Wildman–Crippen MR) is 60.4 cm³/mol. The van der Waals surface area contributed by atoms with Gasteiger partial charge in [-0.3, -0.25) is 4.79 Å². The summed E-state index contributed by atoms with van der Waals surface area (Å²) in [6.07, 6.45) is 3.58. The molecule has 0 amide bonds. The van der Waals surface area contributed by atoms with Gasteiger partial charge in [-0.2, -0.15) is 4.98 Å². The van der Waals surface area contributed by atoms with Crippen LogP contribution in [0.3, 0.4) is 0 Å². The van der Waals surface area contributed by atoms with Gasteiger partial charge in [-0.05, 0) is 32.6 Å². The molecular weight excluding hydrogens is 220 g/mol. The van der Waals surface area contributed by atoms with Gasteiger partial charge >= 0.3 is 5.97 Å². The molecule has 94 valence electrons. The summed E-state index contributed by atoms with van der Waals surface area (Å²) < 4.78 is 10.0. The van der Waals surface area contributed by atoms with E-state index in [0.717, 1.165) is 31.5 Å². The highest BCUT2D eigenvalue weighted by Crippen LogP contribution is 2.34. The Morgan fingerprint density at radius 3 is 2.65 bits per heavy atom. The van der Waals surface area contributed by atoms with Gasteiger partial charge in [0.15, 0.2) is 5.82 Å². The normalized spacial score (nSPS) is 24.6. The minimum absolute atomic E-state index is 0.0548. The van der Waals surface area contributed by atoms with Crippen LogP contribution in [0.2, 0.25) is 0 Å². The zero-order chi connectivity index (χ0) is 12.3. The summed E-state index contributed by atoms with van der Waals surface area (Å²) in [4.78, 5) is 15.8. The third-order valence-electron chi connectivity index (χ3n) is 3.26. The Morgan fingerprint density at radius 1 is 1.41 bits per heavy atom. The molecule has 0 spiro atoms. The molecule has 0 aromatic carbocycles. The Morgan fingerprint density at radius 2 is 2.12 bits per heavy atom. The van der Waals surface area contributed by atoms with Crippen molar-refractivity contribution in [1.82, 2.24) is 10.1 Å². The van der Waals surface area contributed by atoms with E-state index < -0.39 is 0 Å². The average Bonchev–Trinajstić information content (AvgIpc) is 2.76. The van der Waals surface area contributed by atoms with Crippen molar-refractivity contribution in [3.63, 3.8) is 0 Å². The van der Waals surface area contributed by atoms with Gasteiger partial charge in [0.2, 0.25) is 5.89 Å². The molecule has 5 nitrogen and oxygen atoms in total. The zero-order valence-electron chi connectivity index (χ0n) is 10.3. The summed E-state index contributed by atoms with van der Waals surface area (Å²) in [6, 6.07) is 0. The molecule has 0 bridgehead atoms. The van der Waals surface area contributed by atoms with E-state index in [9.17, 15) is 4.79 Å². The molecule has 1 aliphatic carbocycles. The van der Waals surface area contributed by atoms with E-state index in [1.54, 1.807) is 6.92 Å². The number of ether oxygens (including phenoxy) is 1. The van der Waals surface area contributed by atoms with Crippen LogP contribution in [-0.2, 0) is 9.53 Å². The number of carbonyl (C=O) groups excluding carboxylic acids is 1. The monoisotopic (exact) mass is 238 g/mol. The van der Waals surface area contributed by atoms with Gasteiger partial charge in [-0.1, -0.05) is 5.16 Å². The first-order chi connectivity index (χ1) is 8.20. The van der Waals surface area contributed by atoms with Gasteiger partial charge in [0.1, 0.15) is 0 Å².